The summed E-state index contributed by atoms with van der Waals surface area (Å²) in [6.45, 7) is 2.70. The molecule has 0 aromatic heterocycles. The molecule has 1 rings (SSSR count). The summed E-state index contributed by atoms with van der Waals surface area (Å²) in [5, 5.41) is 3.92. The van der Waals surface area contributed by atoms with E-state index >= 15 is 0 Å². The van der Waals surface area contributed by atoms with E-state index in [0.29, 0.717) is 6.54 Å². The summed E-state index contributed by atoms with van der Waals surface area (Å²) in [7, 11) is 0. The third kappa shape index (κ3) is 2.94. The molecule has 0 fully saturated rings. The van der Waals surface area contributed by atoms with Gasteiger partial charge in [-0.25, -0.2) is 0 Å². The van der Waals surface area contributed by atoms with Crippen LogP contribution in [0.1, 0.15) is 5.56 Å². The van der Waals surface area contributed by atoms with Crippen LogP contribution in [0.25, 0.3) is 0 Å². The topological polar surface area (TPSA) is 12.0 Å². The third-order valence-corrected chi connectivity index (χ3v) is 2.20. The van der Waals surface area contributed by atoms with Crippen molar-refractivity contribution in [2.75, 3.05) is 11.9 Å². The van der Waals surface area contributed by atoms with Gasteiger partial charge in [0.25, 0.3) is 0 Å². The Labute approximate surface area is 88.4 Å². The Balaban J connectivity index is 2.75. The standard InChI is InChI=1S/C10H11Cl2N/c1-8-4-2-5-9(12)10(8)13-7-3-6-11/h2-6,13H,7H2,1H3/b6-3+. The number of hydrogen-bond donors (Lipinski definition) is 1. The molecule has 0 unspecified atom stereocenters. The van der Waals surface area contributed by atoms with Gasteiger partial charge in [-0.15, -0.1) is 0 Å². The van der Waals surface area contributed by atoms with Gasteiger partial charge in [0.15, 0.2) is 0 Å². The Bertz CT molecular complexity index is 288. The molecule has 0 amide bonds. The number of para-hydroxylation sites is 1. The van der Waals surface area contributed by atoms with E-state index in [1.54, 1.807) is 0 Å². The molecule has 0 aliphatic rings. The number of benzene rings is 1. The first-order valence-electron chi connectivity index (χ1n) is 4.00. The molecule has 1 aromatic carbocycles. The molecule has 0 aliphatic carbocycles. The van der Waals surface area contributed by atoms with E-state index in [2.05, 4.69) is 5.32 Å². The van der Waals surface area contributed by atoms with Crippen molar-refractivity contribution in [3.8, 4) is 0 Å². The maximum absolute atomic E-state index is 5.99. The van der Waals surface area contributed by atoms with Crippen molar-refractivity contribution in [1.82, 2.24) is 0 Å². The maximum atomic E-state index is 5.99. The van der Waals surface area contributed by atoms with Crippen molar-refractivity contribution in [1.29, 1.82) is 0 Å². The van der Waals surface area contributed by atoms with E-state index in [4.69, 9.17) is 23.2 Å². The molecule has 1 aromatic rings. The van der Waals surface area contributed by atoms with Gasteiger partial charge in [0.05, 0.1) is 10.7 Å². The van der Waals surface area contributed by atoms with Crippen molar-refractivity contribution < 1.29 is 0 Å². The van der Waals surface area contributed by atoms with E-state index in [1.165, 1.54) is 5.54 Å². The molecule has 0 radical (unpaired) electrons. The molecule has 1 N–H and O–H groups in total. The second-order valence-corrected chi connectivity index (χ2v) is 3.33. The van der Waals surface area contributed by atoms with Gasteiger partial charge in [0, 0.05) is 12.1 Å². The second-order valence-electron chi connectivity index (χ2n) is 2.67. The molecule has 1 nitrogen and oxygen atoms in total. The van der Waals surface area contributed by atoms with Crippen LogP contribution in [0.2, 0.25) is 5.02 Å². The van der Waals surface area contributed by atoms with Crippen LogP contribution in [0.5, 0.6) is 0 Å². The fourth-order valence-corrected chi connectivity index (χ4v) is 1.44. The molecule has 0 heterocycles. The lowest BCUT2D eigenvalue weighted by molar-refractivity contribution is 1.30. The van der Waals surface area contributed by atoms with E-state index in [0.717, 1.165) is 16.3 Å². The lowest BCUT2D eigenvalue weighted by Crippen LogP contribution is -2.00. The Morgan fingerprint density at radius 2 is 2.23 bits per heavy atom. The molecule has 70 valence electrons. The third-order valence-electron chi connectivity index (χ3n) is 1.71. The zero-order valence-electron chi connectivity index (χ0n) is 7.35. The highest BCUT2D eigenvalue weighted by Crippen LogP contribution is 2.24. The molecular weight excluding hydrogens is 205 g/mol. The first kappa shape index (κ1) is 10.4. The zero-order valence-corrected chi connectivity index (χ0v) is 8.86. The van der Waals surface area contributed by atoms with Crippen LogP contribution in [-0.2, 0) is 0 Å². The summed E-state index contributed by atoms with van der Waals surface area (Å²) in [5.74, 6) is 0. The first-order chi connectivity index (χ1) is 6.25. The van der Waals surface area contributed by atoms with Crippen LogP contribution in [0.15, 0.2) is 29.8 Å². The molecule has 13 heavy (non-hydrogen) atoms. The minimum atomic E-state index is 0.689. The number of aryl methyl sites for hydroxylation is 1. The number of hydrogen-bond acceptors (Lipinski definition) is 1. The van der Waals surface area contributed by atoms with Crippen LogP contribution >= 0.6 is 23.2 Å². The number of halogens is 2. The van der Waals surface area contributed by atoms with Crippen molar-refractivity contribution in [2.24, 2.45) is 0 Å². The number of nitrogens with one attached hydrogen (secondary N) is 1. The van der Waals surface area contributed by atoms with Crippen LogP contribution < -0.4 is 5.32 Å². The van der Waals surface area contributed by atoms with Crippen LogP contribution in [0, 0.1) is 6.92 Å². The lowest BCUT2D eigenvalue weighted by atomic mass is 10.2. The van der Waals surface area contributed by atoms with Gasteiger partial charge >= 0.3 is 0 Å². The monoisotopic (exact) mass is 215 g/mol. The SMILES string of the molecule is Cc1cccc(Cl)c1NC/C=C/Cl. The van der Waals surface area contributed by atoms with Crippen molar-refractivity contribution in [2.45, 2.75) is 6.92 Å². The summed E-state index contributed by atoms with van der Waals surface area (Å²) in [4.78, 5) is 0. The van der Waals surface area contributed by atoms with E-state index in [-0.39, 0.29) is 0 Å². The predicted octanol–water partition coefficient (Wildman–Crippen LogP) is 3.81. The molecule has 3 heteroatoms. The fourth-order valence-electron chi connectivity index (χ4n) is 1.06. The predicted molar refractivity (Wildman–Crippen MR) is 59.7 cm³/mol. The summed E-state index contributed by atoms with van der Waals surface area (Å²) in [6.07, 6.45) is 1.82. The summed E-state index contributed by atoms with van der Waals surface area (Å²) in [6, 6.07) is 5.81. The number of anilines is 1. The van der Waals surface area contributed by atoms with E-state index in [9.17, 15) is 0 Å². The smallest absolute Gasteiger partial charge is 0.0640 e. The number of rotatable bonds is 3. The molecule has 0 saturated carbocycles. The molecule has 0 atom stereocenters. The van der Waals surface area contributed by atoms with Crippen LogP contribution in [-0.4, -0.2) is 6.54 Å². The van der Waals surface area contributed by atoms with Crippen molar-refractivity contribution >= 4 is 28.9 Å². The minimum absolute atomic E-state index is 0.689. The maximum Gasteiger partial charge on any atom is 0.0640 e. The van der Waals surface area contributed by atoms with Gasteiger partial charge < -0.3 is 5.32 Å². The van der Waals surface area contributed by atoms with Gasteiger partial charge in [-0.05, 0) is 18.6 Å². The highest BCUT2D eigenvalue weighted by atomic mass is 35.5. The highest BCUT2D eigenvalue weighted by molar-refractivity contribution is 6.33. The Morgan fingerprint density at radius 1 is 1.46 bits per heavy atom. The minimum Gasteiger partial charge on any atom is -0.380 e. The Morgan fingerprint density at radius 3 is 2.85 bits per heavy atom. The highest BCUT2D eigenvalue weighted by Gasteiger charge is 2.00. The largest absolute Gasteiger partial charge is 0.380 e. The van der Waals surface area contributed by atoms with Gasteiger partial charge in [-0.3, -0.25) is 0 Å². The molecular formula is C10H11Cl2N. The van der Waals surface area contributed by atoms with Crippen molar-refractivity contribution in [3.05, 3.63) is 40.4 Å². The van der Waals surface area contributed by atoms with Crippen LogP contribution in [0.3, 0.4) is 0 Å². The fraction of sp³-hybridized carbons (Fsp3) is 0.200. The molecule has 0 bridgehead atoms. The van der Waals surface area contributed by atoms with Gasteiger partial charge in [0.1, 0.15) is 0 Å². The Kier molecular flexibility index (Phi) is 4.13. The normalized spacial score (nSPS) is 10.7. The Hall–Kier alpha value is -0.660. The van der Waals surface area contributed by atoms with Gasteiger partial charge in [0.2, 0.25) is 0 Å². The van der Waals surface area contributed by atoms with E-state index in [1.807, 2.05) is 31.2 Å². The van der Waals surface area contributed by atoms with Gasteiger partial charge in [-0.1, -0.05) is 41.4 Å². The van der Waals surface area contributed by atoms with E-state index < -0.39 is 0 Å². The average molecular weight is 216 g/mol. The lowest BCUT2D eigenvalue weighted by Gasteiger charge is -2.08. The van der Waals surface area contributed by atoms with Crippen molar-refractivity contribution in [3.63, 3.8) is 0 Å². The molecule has 0 aliphatic heterocycles. The zero-order chi connectivity index (χ0) is 9.68. The van der Waals surface area contributed by atoms with Crippen LogP contribution in [0.4, 0.5) is 5.69 Å². The van der Waals surface area contributed by atoms with Gasteiger partial charge in [-0.2, -0.15) is 0 Å². The summed E-state index contributed by atoms with van der Waals surface area (Å²) in [5.41, 5.74) is 3.59. The molecule has 0 spiro atoms. The second kappa shape index (κ2) is 5.15. The molecule has 0 saturated heterocycles. The first-order valence-corrected chi connectivity index (χ1v) is 4.81. The summed E-state index contributed by atoms with van der Waals surface area (Å²) < 4.78 is 0. The quantitative estimate of drug-likeness (QED) is 0.809. The average Bonchev–Trinajstić information content (AvgIpc) is 2.10. The summed E-state index contributed by atoms with van der Waals surface area (Å²) >= 11 is 11.4.